The Morgan fingerprint density at radius 3 is 0.816 bits per heavy atom. The highest BCUT2D eigenvalue weighted by atomic mass is 15.2. The van der Waals surface area contributed by atoms with E-state index in [2.05, 4.69) is 428 Å². The maximum absolute atomic E-state index is 5.13. The Morgan fingerprint density at radius 2 is 0.426 bits per heavy atom. The van der Waals surface area contributed by atoms with Crippen LogP contribution in [0.5, 0.6) is 0 Å². The van der Waals surface area contributed by atoms with Gasteiger partial charge in [0, 0.05) is 121 Å². The van der Waals surface area contributed by atoms with E-state index in [9.17, 15) is 0 Å². The molecule has 0 aliphatic rings. The van der Waals surface area contributed by atoms with Crippen LogP contribution in [0.15, 0.2) is 486 Å². The van der Waals surface area contributed by atoms with E-state index in [-0.39, 0.29) is 0 Å². The number of nitrogens with zero attached hydrogens (tertiary/aromatic N) is 12. The van der Waals surface area contributed by atoms with Gasteiger partial charge in [-0.05, 0) is 155 Å². The Kier molecular flexibility index (Phi) is 19.0. The van der Waals surface area contributed by atoms with Crippen LogP contribution < -0.4 is 0 Å². The van der Waals surface area contributed by atoms with Crippen molar-refractivity contribution in [1.82, 2.24) is 57.3 Å². The third kappa shape index (κ3) is 13.2. The van der Waals surface area contributed by atoms with E-state index in [0.717, 1.165) is 123 Å². The molecule has 136 heavy (non-hydrogen) atoms. The van der Waals surface area contributed by atoms with Crippen LogP contribution in [0.1, 0.15) is 0 Å². The van der Waals surface area contributed by atoms with Gasteiger partial charge in [-0.3, -0.25) is 19.5 Å². The van der Waals surface area contributed by atoms with Crippen LogP contribution in [-0.2, 0) is 0 Å². The van der Waals surface area contributed by atoms with E-state index in [1.807, 2.05) is 85.3 Å². The number of benzene rings is 18. The normalized spacial score (nSPS) is 11.7. The second-order valence-corrected chi connectivity index (χ2v) is 34.4. The quantitative estimate of drug-likeness (QED) is 0.121. The fourth-order valence-corrected chi connectivity index (χ4v) is 20.7. The van der Waals surface area contributed by atoms with Crippen molar-refractivity contribution in [2.24, 2.45) is 0 Å². The first kappa shape index (κ1) is 78.5. The van der Waals surface area contributed by atoms with Gasteiger partial charge in [-0.15, -0.1) is 0 Å². The molecule has 10 heterocycles. The molecule has 0 radical (unpaired) electrons. The van der Waals surface area contributed by atoms with Crippen molar-refractivity contribution in [2.75, 3.05) is 0 Å². The molecule has 0 aliphatic heterocycles. The lowest BCUT2D eigenvalue weighted by Gasteiger charge is -2.11. The zero-order valence-electron chi connectivity index (χ0n) is 73.6. The van der Waals surface area contributed by atoms with Crippen molar-refractivity contribution < 1.29 is 0 Å². The molecule has 28 rings (SSSR count). The molecule has 0 fully saturated rings. The predicted octanol–water partition coefficient (Wildman–Crippen LogP) is 31.2. The smallest absolute Gasteiger partial charge is 0.238 e. The third-order valence-corrected chi connectivity index (χ3v) is 26.8. The Balaban J connectivity index is 0.000000106. The zero-order valence-corrected chi connectivity index (χ0v) is 73.6. The average Bonchev–Trinajstić information content (AvgIpc) is 1.57. The maximum Gasteiger partial charge on any atom is 0.238 e. The fraction of sp³-hybridized carbons (Fsp3) is 0. The van der Waals surface area contributed by atoms with E-state index in [0.29, 0.717) is 17.6 Å². The molecule has 0 atom stereocenters. The van der Waals surface area contributed by atoms with Gasteiger partial charge in [0.15, 0.2) is 11.6 Å². The minimum Gasteiger partial charge on any atom is -0.309 e. The molecular weight excluding hydrogens is 1660 g/mol. The van der Waals surface area contributed by atoms with E-state index in [4.69, 9.17) is 29.9 Å². The van der Waals surface area contributed by atoms with Crippen molar-refractivity contribution in [3.8, 4) is 102 Å². The lowest BCUT2D eigenvalue weighted by molar-refractivity contribution is 0.953. The first-order valence-electron chi connectivity index (χ1n) is 46.0. The molecule has 0 saturated heterocycles. The fourth-order valence-electron chi connectivity index (χ4n) is 20.7. The summed E-state index contributed by atoms with van der Waals surface area (Å²) in [5, 5.41) is 16.8. The second-order valence-electron chi connectivity index (χ2n) is 34.4. The van der Waals surface area contributed by atoms with Gasteiger partial charge in [-0.1, -0.05) is 334 Å². The van der Waals surface area contributed by atoms with Crippen LogP contribution in [-0.4, -0.2) is 57.3 Å². The minimum atomic E-state index is 0.565. The average molecular weight is 1740 g/mol. The molecule has 0 spiro atoms. The zero-order chi connectivity index (χ0) is 89.7. The Labute approximate surface area is 781 Å². The van der Waals surface area contributed by atoms with Crippen LogP contribution in [0.2, 0.25) is 0 Å². The first-order valence-corrected chi connectivity index (χ1v) is 46.0. The first-order chi connectivity index (χ1) is 67.5. The number of hydrogen-bond acceptors (Lipinski definition) is 6. The Hall–Kier alpha value is -18.5. The summed E-state index contributed by atoms with van der Waals surface area (Å²) in [5.41, 5.74) is 29.7. The molecule has 18 aromatic carbocycles. The third-order valence-electron chi connectivity index (χ3n) is 26.8. The van der Waals surface area contributed by atoms with Crippen LogP contribution in [0, 0.1) is 0 Å². The van der Waals surface area contributed by atoms with Crippen molar-refractivity contribution in [3.05, 3.63) is 486 Å². The Morgan fingerprint density at radius 1 is 0.154 bits per heavy atom. The summed E-state index contributed by atoms with van der Waals surface area (Å²) >= 11 is 0. The van der Waals surface area contributed by atoms with E-state index in [1.54, 1.807) is 0 Å². The summed E-state index contributed by atoms with van der Waals surface area (Å²) in [6.45, 7) is 0. The van der Waals surface area contributed by atoms with Crippen molar-refractivity contribution in [1.29, 1.82) is 0 Å². The van der Waals surface area contributed by atoms with E-state index in [1.165, 1.54) is 103 Å². The Bertz CT molecular complexity index is 9470. The van der Waals surface area contributed by atoms with Gasteiger partial charge in [-0.25, -0.2) is 4.98 Å². The van der Waals surface area contributed by atoms with Gasteiger partial charge >= 0.3 is 0 Å². The number of aromatic nitrogens is 12. The highest BCUT2D eigenvalue weighted by Gasteiger charge is 2.26. The molecule has 28 aromatic rings. The number of fused-ring (bicyclic) bond motifs is 19. The molecule has 0 aliphatic carbocycles. The number of hydrogen-bond donors (Lipinski definition) is 0. The van der Waals surface area contributed by atoms with Gasteiger partial charge in [-0.2, -0.15) is 9.97 Å². The molecule has 0 bridgehead atoms. The van der Waals surface area contributed by atoms with Gasteiger partial charge in [0.05, 0.1) is 102 Å². The summed E-state index contributed by atoms with van der Waals surface area (Å²) in [4.78, 5) is 30.5. The monoisotopic (exact) mass is 1740 g/mol. The molecule has 0 unspecified atom stereocenters. The van der Waals surface area contributed by atoms with Crippen LogP contribution in [0.3, 0.4) is 0 Å². The van der Waals surface area contributed by atoms with Crippen molar-refractivity contribution in [2.45, 2.75) is 0 Å². The second kappa shape index (κ2) is 32.8. The largest absolute Gasteiger partial charge is 0.309 e. The highest BCUT2D eigenvalue weighted by molar-refractivity contribution is 6.21. The van der Waals surface area contributed by atoms with Gasteiger partial charge < -0.3 is 22.8 Å². The number of para-hydroxylation sites is 9. The molecule has 12 heteroatoms. The van der Waals surface area contributed by atoms with E-state index < -0.39 is 0 Å². The molecule has 12 nitrogen and oxygen atoms in total. The summed E-state index contributed by atoms with van der Waals surface area (Å²) in [6, 6.07) is 165. The molecule has 10 aromatic heterocycles. The molecule has 0 saturated carbocycles. The molecular formula is C124H80N12. The molecule has 0 amide bonds. The lowest BCUT2D eigenvalue weighted by atomic mass is 10.0. The van der Waals surface area contributed by atoms with Gasteiger partial charge in [0.2, 0.25) is 5.95 Å². The SMILES string of the molecule is c1ccc(-c2ccc(-n3c4ccccc4c4c(-c5cc6c7ccccc7n(-c7ccccc7)c6cn5)cccc43)cc2)cc1.c1ccc(-c2nc(-c3ccccc3)nc(-n3c4ccccc4c4c(-c5cc6c7ccccc7n(-c7ccccc7)c6cn5)cccc43)n2)cc1.c1ccc(-n2c3ccccc3c3cc(-c4cccc5c4c4ccccc4n5-c4ccc5ccccc5c4)ncc32)cc1. The van der Waals surface area contributed by atoms with Crippen molar-refractivity contribution in [3.63, 3.8) is 0 Å². The number of pyridine rings is 3. The van der Waals surface area contributed by atoms with Gasteiger partial charge in [0.25, 0.3) is 0 Å². The lowest BCUT2D eigenvalue weighted by Crippen LogP contribution is -2.06. The topological polar surface area (TPSA) is 107 Å². The van der Waals surface area contributed by atoms with Crippen LogP contribution in [0.4, 0.5) is 0 Å². The maximum atomic E-state index is 5.13. The summed E-state index contributed by atoms with van der Waals surface area (Å²) in [6.07, 6.45) is 6.09. The van der Waals surface area contributed by atoms with E-state index >= 15 is 0 Å². The highest BCUT2D eigenvalue weighted by Crippen LogP contribution is 2.46. The minimum absolute atomic E-state index is 0.565. The molecule has 636 valence electrons. The van der Waals surface area contributed by atoms with Gasteiger partial charge in [0.1, 0.15) is 0 Å². The summed E-state index contributed by atoms with van der Waals surface area (Å²) in [5.74, 6) is 1.81. The predicted molar refractivity (Wildman–Crippen MR) is 562 cm³/mol. The van der Waals surface area contributed by atoms with Crippen molar-refractivity contribution >= 4 is 142 Å². The standard InChI is InChI=1S/C44H28N6.C41H27N3.C39H25N3/c1-4-15-29(16-5-1)42-46-43(30-17-6-2-7-18-30)48-44(47-42)50-38-25-13-11-22-34(38)41-33(23-14-26-39(41)50)36-27-35-32-21-10-12-24-37(32)49(40(35)28-45-36)31-19-8-3-9-20-31;1-3-12-28(13-4-1)29-22-24-31(25-23-29)43-38-20-10-8-17-34(38)41-33(18-11-21-39(41)43)36-26-35-32-16-7-9-19-37(32)44(40(35)27-42-36)30-14-5-2-6-15-30;1-2-13-28(14-3-1)41-35-18-8-6-15-30(35)33-24-34(40-25-38(33)41)31-17-10-20-37-39(31)32-16-7-9-19-36(32)42(37)29-22-21-26-11-4-5-12-27(26)23-29/h1-28H;1-27H;1-25H. The summed E-state index contributed by atoms with van der Waals surface area (Å²) in [7, 11) is 0. The molecule has 0 N–H and O–H groups in total. The van der Waals surface area contributed by atoms with Crippen LogP contribution >= 0.6 is 0 Å². The number of rotatable bonds is 12. The summed E-state index contributed by atoms with van der Waals surface area (Å²) < 4.78 is 13.8. The van der Waals surface area contributed by atoms with Crippen LogP contribution in [0.25, 0.3) is 244 Å².